The van der Waals surface area contributed by atoms with Gasteiger partial charge in [-0.15, -0.1) is 0 Å². The van der Waals surface area contributed by atoms with Gasteiger partial charge < -0.3 is 10.6 Å². The summed E-state index contributed by atoms with van der Waals surface area (Å²) in [6, 6.07) is 9.54. The molecule has 0 spiro atoms. The quantitative estimate of drug-likeness (QED) is 0.666. The zero-order chi connectivity index (χ0) is 21.8. The first-order valence-electron chi connectivity index (χ1n) is 10.8. The van der Waals surface area contributed by atoms with E-state index in [-0.39, 0.29) is 23.6 Å². The van der Waals surface area contributed by atoms with Crippen molar-refractivity contribution in [3.05, 3.63) is 52.2 Å². The number of thioether (sulfide) groups is 1. The second kappa shape index (κ2) is 9.52. The molecule has 1 aromatic heterocycles. The molecule has 6 nitrogen and oxygen atoms in total. The number of para-hydroxylation sites is 1. The molecular formula is C24H26N4O2S. The Morgan fingerprint density at radius 3 is 2.74 bits per heavy atom. The highest BCUT2D eigenvalue weighted by Gasteiger charge is 2.22. The summed E-state index contributed by atoms with van der Waals surface area (Å²) in [4.78, 5) is 30.0. The van der Waals surface area contributed by atoms with Crippen LogP contribution in [0.3, 0.4) is 0 Å². The van der Waals surface area contributed by atoms with Gasteiger partial charge in [0, 0.05) is 11.7 Å². The average Bonchev–Trinajstić information content (AvgIpc) is 3.45. The number of fused-ring (bicyclic) bond motifs is 1. The highest BCUT2D eigenvalue weighted by Crippen LogP contribution is 2.31. The summed E-state index contributed by atoms with van der Waals surface area (Å²) in [5, 5.41) is 16.1. The zero-order valence-electron chi connectivity index (χ0n) is 17.7. The van der Waals surface area contributed by atoms with Crippen molar-refractivity contribution < 1.29 is 9.59 Å². The van der Waals surface area contributed by atoms with Gasteiger partial charge in [-0.2, -0.15) is 5.26 Å². The summed E-state index contributed by atoms with van der Waals surface area (Å²) in [5.41, 5.74) is 4.76. The third-order valence-corrected chi connectivity index (χ3v) is 7.03. The molecule has 2 amide bonds. The Bertz CT molecular complexity index is 1050. The molecule has 2 N–H and O–H groups in total. The summed E-state index contributed by atoms with van der Waals surface area (Å²) >= 11 is 1.27. The van der Waals surface area contributed by atoms with E-state index < -0.39 is 0 Å². The zero-order valence-corrected chi connectivity index (χ0v) is 18.5. The Hall–Kier alpha value is -2.85. The van der Waals surface area contributed by atoms with Gasteiger partial charge in [0.25, 0.3) is 5.91 Å². The fourth-order valence-electron chi connectivity index (χ4n) is 4.42. The molecule has 1 fully saturated rings. The number of amides is 2. The van der Waals surface area contributed by atoms with Crippen molar-refractivity contribution in [2.24, 2.45) is 0 Å². The molecule has 0 aliphatic heterocycles. The topological polar surface area (TPSA) is 94.9 Å². The minimum Gasteiger partial charge on any atom is -0.349 e. The van der Waals surface area contributed by atoms with Crippen molar-refractivity contribution in [1.29, 1.82) is 5.26 Å². The Morgan fingerprint density at radius 1 is 1.19 bits per heavy atom. The number of carbonyl (C=O) groups excluding carboxylic acids is 2. The second-order valence-electron chi connectivity index (χ2n) is 8.14. The summed E-state index contributed by atoms with van der Waals surface area (Å²) in [6.45, 7) is 1.97. The first kappa shape index (κ1) is 21.4. The molecule has 0 atom stereocenters. The van der Waals surface area contributed by atoms with Crippen LogP contribution in [0, 0.1) is 18.3 Å². The number of nitrogens with zero attached hydrogens (tertiary/aromatic N) is 2. The predicted octanol–water partition coefficient (Wildman–Crippen LogP) is 4.15. The van der Waals surface area contributed by atoms with Crippen molar-refractivity contribution in [1.82, 2.24) is 10.3 Å². The molecule has 1 heterocycles. The molecule has 0 unspecified atom stereocenters. The van der Waals surface area contributed by atoms with Crippen molar-refractivity contribution in [2.75, 3.05) is 11.1 Å². The van der Waals surface area contributed by atoms with E-state index in [2.05, 4.69) is 21.7 Å². The fraction of sp³-hybridized carbons (Fsp3) is 0.417. The third kappa shape index (κ3) is 4.75. The van der Waals surface area contributed by atoms with Crippen LogP contribution >= 0.6 is 11.8 Å². The van der Waals surface area contributed by atoms with E-state index in [9.17, 15) is 14.9 Å². The Balaban J connectivity index is 1.43. The molecule has 31 heavy (non-hydrogen) atoms. The number of benzene rings is 1. The predicted molar refractivity (Wildman–Crippen MR) is 121 cm³/mol. The summed E-state index contributed by atoms with van der Waals surface area (Å²) in [6.07, 6.45) is 7.24. The lowest BCUT2D eigenvalue weighted by atomic mass is 10.0. The van der Waals surface area contributed by atoms with E-state index in [1.54, 1.807) is 24.3 Å². The van der Waals surface area contributed by atoms with Crippen molar-refractivity contribution in [2.45, 2.75) is 62.9 Å². The van der Waals surface area contributed by atoms with E-state index in [0.717, 1.165) is 56.2 Å². The number of rotatable bonds is 6. The maximum absolute atomic E-state index is 12.7. The summed E-state index contributed by atoms with van der Waals surface area (Å²) in [5.74, 6) is -0.258. The van der Waals surface area contributed by atoms with Gasteiger partial charge in [0.1, 0.15) is 11.1 Å². The van der Waals surface area contributed by atoms with Crippen LogP contribution in [0.5, 0.6) is 0 Å². The Labute approximate surface area is 186 Å². The van der Waals surface area contributed by atoms with Crippen LogP contribution in [0.4, 0.5) is 5.69 Å². The van der Waals surface area contributed by atoms with Gasteiger partial charge in [0.05, 0.1) is 22.6 Å². The van der Waals surface area contributed by atoms with Gasteiger partial charge in [-0.25, -0.2) is 4.98 Å². The smallest absolute Gasteiger partial charge is 0.253 e. The largest absolute Gasteiger partial charge is 0.349 e. The lowest BCUT2D eigenvalue weighted by Gasteiger charge is -2.15. The standard InChI is InChI=1S/C24H26N4O2S/c1-15-17-10-6-12-20(17)28-24(19(15)13-25)31-14-22(29)27-21-11-5-4-9-18(21)23(30)26-16-7-2-3-8-16/h4-5,9,11,16H,2-3,6-8,10,12,14H2,1H3,(H,26,30)(H,27,29). The lowest BCUT2D eigenvalue weighted by molar-refractivity contribution is -0.113. The highest BCUT2D eigenvalue weighted by atomic mass is 32.2. The summed E-state index contributed by atoms with van der Waals surface area (Å²) in [7, 11) is 0. The molecule has 7 heteroatoms. The van der Waals surface area contributed by atoms with Gasteiger partial charge in [0.15, 0.2) is 0 Å². The first-order valence-corrected chi connectivity index (χ1v) is 11.8. The van der Waals surface area contributed by atoms with E-state index in [0.29, 0.717) is 21.8 Å². The Kier molecular flexibility index (Phi) is 6.57. The maximum Gasteiger partial charge on any atom is 0.253 e. The summed E-state index contributed by atoms with van der Waals surface area (Å²) < 4.78 is 0. The number of hydrogen-bond acceptors (Lipinski definition) is 5. The molecular weight excluding hydrogens is 408 g/mol. The first-order chi connectivity index (χ1) is 15.1. The SMILES string of the molecule is Cc1c(C#N)c(SCC(=O)Nc2ccccc2C(=O)NC2CCCC2)nc2c1CCC2. The van der Waals surface area contributed by atoms with E-state index >= 15 is 0 Å². The van der Waals surface area contributed by atoms with E-state index in [1.165, 1.54) is 17.3 Å². The number of aromatic nitrogens is 1. The van der Waals surface area contributed by atoms with Crippen LogP contribution in [0.25, 0.3) is 0 Å². The molecule has 0 saturated heterocycles. The molecule has 1 saturated carbocycles. The van der Waals surface area contributed by atoms with Crippen LogP contribution in [0.1, 0.15) is 64.8 Å². The molecule has 2 aliphatic rings. The van der Waals surface area contributed by atoms with Gasteiger partial charge in [-0.3, -0.25) is 9.59 Å². The minimum atomic E-state index is -0.227. The number of carbonyl (C=O) groups is 2. The number of hydrogen-bond donors (Lipinski definition) is 2. The van der Waals surface area contributed by atoms with E-state index in [4.69, 9.17) is 0 Å². The van der Waals surface area contributed by atoms with Crippen molar-refractivity contribution >= 4 is 29.3 Å². The fourth-order valence-corrected chi connectivity index (χ4v) is 5.28. The van der Waals surface area contributed by atoms with Crippen LogP contribution in [0.15, 0.2) is 29.3 Å². The second-order valence-corrected chi connectivity index (χ2v) is 9.11. The monoisotopic (exact) mass is 434 g/mol. The molecule has 2 aliphatic carbocycles. The number of pyridine rings is 1. The average molecular weight is 435 g/mol. The third-order valence-electron chi connectivity index (χ3n) is 6.05. The number of aryl methyl sites for hydroxylation is 1. The number of nitrogens with one attached hydrogen (secondary N) is 2. The van der Waals surface area contributed by atoms with Gasteiger partial charge in [-0.1, -0.05) is 36.7 Å². The van der Waals surface area contributed by atoms with Crippen LogP contribution < -0.4 is 10.6 Å². The molecule has 4 rings (SSSR count). The van der Waals surface area contributed by atoms with Crippen molar-refractivity contribution in [3.63, 3.8) is 0 Å². The molecule has 160 valence electrons. The molecule has 0 bridgehead atoms. The number of anilines is 1. The molecule has 2 aromatic rings. The van der Waals surface area contributed by atoms with E-state index in [1.807, 2.05) is 6.92 Å². The maximum atomic E-state index is 12.7. The highest BCUT2D eigenvalue weighted by molar-refractivity contribution is 8.00. The van der Waals surface area contributed by atoms with Gasteiger partial charge in [0.2, 0.25) is 5.91 Å². The van der Waals surface area contributed by atoms with Crippen LogP contribution in [0.2, 0.25) is 0 Å². The molecule has 0 radical (unpaired) electrons. The van der Waals surface area contributed by atoms with Crippen LogP contribution in [-0.4, -0.2) is 28.6 Å². The Morgan fingerprint density at radius 2 is 1.97 bits per heavy atom. The van der Waals surface area contributed by atoms with Gasteiger partial charge in [-0.05, 0) is 62.3 Å². The van der Waals surface area contributed by atoms with Crippen LogP contribution in [-0.2, 0) is 17.6 Å². The van der Waals surface area contributed by atoms with Crippen molar-refractivity contribution in [3.8, 4) is 6.07 Å². The lowest BCUT2D eigenvalue weighted by Crippen LogP contribution is -2.33. The molecule has 1 aromatic carbocycles. The minimum absolute atomic E-state index is 0.123. The van der Waals surface area contributed by atoms with Gasteiger partial charge >= 0.3 is 0 Å². The number of nitriles is 1. The normalized spacial score (nSPS) is 15.4.